The molecular weight excluding hydrogens is 212 g/mol. The van der Waals surface area contributed by atoms with Crippen LogP contribution in [0.2, 0.25) is 0 Å². The Labute approximate surface area is 107 Å². The fourth-order valence-corrected chi connectivity index (χ4v) is 3.10. The molecule has 3 unspecified atom stereocenters. The van der Waals surface area contributed by atoms with Gasteiger partial charge in [0.2, 0.25) is 0 Å². The Bertz CT molecular complexity index is 199. The topological polar surface area (TPSA) is 38.5 Å². The number of nitrogens with zero attached hydrogens (tertiary/aromatic N) is 1. The lowest BCUT2D eigenvalue weighted by Crippen LogP contribution is -2.42. The number of hydrogen-bond acceptors (Lipinski definition) is 3. The number of ether oxygens (including phenoxy) is 1. The molecule has 3 nitrogen and oxygen atoms in total. The Kier molecular flexibility index (Phi) is 7.09. The monoisotopic (exact) mass is 242 g/mol. The first kappa shape index (κ1) is 14.9. The van der Waals surface area contributed by atoms with Crippen molar-refractivity contribution in [2.75, 3.05) is 33.4 Å². The van der Waals surface area contributed by atoms with Crippen LogP contribution in [0.1, 0.15) is 39.5 Å². The van der Waals surface area contributed by atoms with Crippen molar-refractivity contribution in [3.8, 4) is 0 Å². The number of nitrogens with two attached hydrogens (primary N) is 1. The van der Waals surface area contributed by atoms with Gasteiger partial charge in [0.25, 0.3) is 0 Å². The summed E-state index contributed by atoms with van der Waals surface area (Å²) in [6.07, 6.45) is 5.45. The minimum atomic E-state index is 0.519. The first-order valence-electron chi connectivity index (χ1n) is 7.15. The van der Waals surface area contributed by atoms with Crippen LogP contribution in [0.5, 0.6) is 0 Å². The van der Waals surface area contributed by atoms with Crippen LogP contribution in [0.3, 0.4) is 0 Å². The highest BCUT2D eigenvalue weighted by Crippen LogP contribution is 2.30. The molecule has 3 atom stereocenters. The summed E-state index contributed by atoms with van der Waals surface area (Å²) in [4.78, 5) is 2.54. The number of methoxy groups -OCH3 is 1. The van der Waals surface area contributed by atoms with Gasteiger partial charge in [0, 0.05) is 19.7 Å². The average Bonchev–Trinajstić information content (AvgIpc) is 2.36. The molecular formula is C14H30N2O. The van der Waals surface area contributed by atoms with Gasteiger partial charge in [-0.1, -0.05) is 19.8 Å². The molecule has 1 aliphatic carbocycles. The second-order valence-electron chi connectivity index (χ2n) is 5.43. The van der Waals surface area contributed by atoms with E-state index in [1.165, 1.54) is 32.2 Å². The maximum Gasteiger partial charge on any atom is 0.0615 e. The van der Waals surface area contributed by atoms with Gasteiger partial charge in [-0.15, -0.1) is 0 Å². The Morgan fingerprint density at radius 3 is 2.47 bits per heavy atom. The van der Waals surface area contributed by atoms with Gasteiger partial charge < -0.3 is 10.5 Å². The van der Waals surface area contributed by atoms with Crippen LogP contribution in [-0.4, -0.2) is 44.3 Å². The summed E-state index contributed by atoms with van der Waals surface area (Å²) in [7, 11) is 1.79. The Morgan fingerprint density at radius 2 is 1.94 bits per heavy atom. The highest BCUT2D eigenvalue weighted by atomic mass is 16.5. The summed E-state index contributed by atoms with van der Waals surface area (Å²) >= 11 is 0. The molecule has 0 aliphatic heterocycles. The van der Waals surface area contributed by atoms with Crippen molar-refractivity contribution in [3.63, 3.8) is 0 Å². The van der Waals surface area contributed by atoms with E-state index >= 15 is 0 Å². The maximum atomic E-state index is 5.90. The fraction of sp³-hybridized carbons (Fsp3) is 1.00. The van der Waals surface area contributed by atoms with Crippen LogP contribution in [0, 0.1) is 11.8 Å². The lowest BCUT2D eigenvalue weighted by molar-refractivity contribution is 0.0742. The van der Waals surface area contributed by atoms with Gasteiger partial charge in [-0.3, -0.25) is 4.90 Å². The minimum Gasteiger partial charge on any atom is -0.383 e. The van der Waals surface area contributed by atoms with Crippen molar-refractivity contribution in [3.05, 3.63) is 0 Å². The SMILES string of the molecule is CCN(CC1CCCCC1CN)C(C)COC. The summed E-state index contributed by atoms with van der Waals surface area (Å²) < 4.78 is 5.26. The average molecular weight is 242 g/mol. The zero-order chi connectivity index (χ0) is 12.7. The van der Waals surface area contributed by atoms with Crippen molar-refractivity contribution in [2.24, 2.45) is 17.6 Å². The van der Waals surface area contributed by atoms with E-state index in [0.717, 1.165) is 31.5 Å². The molecule has 0 saturated heterocycles. The molecule has 0 aromatic rings. The summed E-state index contributed by atoms with van der Waals surface area (Å²) in [5.74, 6) is 1.54. The predicted molar refractivity (Wildman–Crippen MR) is 73.1 cm³/mol. The standard InChI is InChI=1S/C14H30N2O/c1-4-16(12(2)11-17-3)10-14-8-6-5-7-13(14)9-15/h12-14H,4-11,15H2,1-3H3. The van der Waals surface area contributed by atoms with E-state index in [4.69, 9.17) is 10.5 Å². The van der Waals surface area contributed by atoms with Crippen molar-refractivity contribution >= 4 is 0 Å². The lowest BCUT2D eigenvalue weighted by Gasteiger charge is -2.37. The highest BCUT2D eigenvalue weighted by molar-refractivity contribution is 4.80. The van der Waals surface area contributed by atoms with Gasteiger partial charge in [0.05, 0.1) is 6.61 Å². The second-order valence-corrected chi connectivity index (χ2v) is 5.43. The summed E-state index contributed by atoms with van der Waals surface area (Å²) in [6.45, 7) is 8.50. The van der Waals surface area contributed by atoms with Crippen LogP contribution >= 0.6 is 0 Å². The van der Waals surface area contributed by atoms with E-state index in [0.29, 0.717) is 6.04 Å². The molecule has 0 aromatic heterocycles. The van der Waals surface area contributed by atoms with Gasteiger partial charge in [-0.05, 0) is 44.7 Å². The van der Waals surface area contributed by atoms with E-state index in [9.17, 15) is 0 Å². The molecule has 0 heterocycles. The quantitative estimate of drug-likeness (QED) is 0.743. The third kappa shape index (κ3) is 4.57. The van der Waals surface area contributed by atoms with Crippen molar-refractivity contribution in [2.45, 2.75) is 45.6 Å². The molecule has 0 amide bonds. The summed E-state index contributed by atoms with van der Waals surface area (Å²) in [5.41, 5.74) is 5.90. The zero-order valence-electron chi connectivity index (χ0n) is 11.8. The van der Waals surface area contributed by atoms with Crippen LogP contribution < -0.4 is 5.73 Å². The van der Waals surface area contributed by atoms with Crippen LogP contribution in [0.25, 0.3) is 0 Å². The molecule has 1 fully saturated rings. The van der Waals surface area contributed by atoms with Gasteiger partial charge in [-0.2, -0.15) is 0 Å². The van der Waals surface area contributed by atoms with Gasteiger partial charge in [0.15, 0.2) is 0 Å². The van der Waals surface area contributed by atoms with Gasteiger partial charge in [-0.25, -0.2) is 0 Å². The molecule has 0 bridgehead atoms. The van der Waals surface area contributed by atoms with E-state index < -0.39 is 0 Å². The van der Waals surface area contributed by atoms with Crippen LogP contribution in [0.4, 0.5) is 0 Å². The molecule has 1 rings (SSSR count). The number of rotatable bonds is 7. The summed E-state index contributed by atoms with van der Waals surface area (Å²) in [6, 6.07) is 0.519. The molecule has 1 aliphatic rings. The van der Waals surface area contributed by atoms with Crippen molar-refractivity contribution in [1.29, 1.82) is 0 Å². The molecule has 0 radical (unpaired) electrons. The lowest BCUT2D eigenvalue weighted by atomic mass is 9.79. The largest absolute Gasteiger partial charge is 0.383 e. The van der Waals surface area contributed by atoms with Gasteiger partial charge >= 0.3 is 0 Å². The molecule has 0 aromatic carbocycles. The molecule has 1 saturated carbocycles. The normalized spacial score (nSPS) is 27.4. The third-order valence-corrected chi connectivity index (χ3v) is 4.28. The Hall–Kier alpha value is -0.120. The highest BCUT2D eigenvalue weighted by Gasteiger charge is 2.26. The first-order valence-corrected chi connectivity index (χ1v) is 7.15. The van der Waals surface area contributed by atoms with E-state index in [1.807, 2.05) is 0 Å². The first-order chi connectivity index (χ1) is 8.22. The van der Waals surface area contributed by atoms with E-state index in [-0.39, 0.29) is 0 Å². The number of hydrogen-bond donors (Lipinski definition) is 1. The van der Waals surface area contributed by atoms with Gasteiger partial charge in [0.1, 0.15) is 0 Å². The molecule has 2 N–H and O–H groups in total. The van der Waals surface area contributed by atoms with E-state index in [1.54, 1.807) is 7.11 Å². The predicted octanol–water partition coefficient (Wildman–Crippen LogP) is 2.11. The van der Waals surface area contributed by atoms with Crippen LogP contribution in [-0.2, 0) is 4.74 Å². The molecule has 3 heteroatoms. The van der Waals surface area contributed by atoms with E-state index in [2.05, 4.69) is 18.7 Å². The second kappa shape index (κ2) is 8.06. The maximum absolute atomic E-state index is 5.90. The minimum absolute atomic E-state index is 0.519. The molecule has 102 valence electrons. The smallest absolute Gasteiger partial charge is 0.0615 e. The fourth-order valence-electron chi connectivity index (χ4n) is 3.10. The Morgan fingerprint density at radius 1 is 1.29 bits per heavy atom. The van der Waals surface area contributed by atoms with Crippen molar-refractivity contribution in [1.82, 2.24) is 4.90 Å². The third-order valence-electron chi connectivity index (χ3n) is 4.28. The summed E-state index contributed by atoms with van der Waals surface area (Å²) in [5, 5.41) is 0. The van der Waals surface area contributed by atoms with Crippen LogP contribution in [0.15, 0.2) is 0 Å². The Balaban J connectivity index is 2.47. The number of likely N-dealkylation sites (N-methyl/N-ethyl adjacent to an activating group) is 1. The zero-order valence-corrected chi connectivity index (χ0v) is 11.8. The molecule has 0 spiro atoms. The van der Waals surface area contributed by atoms with Crippen molar-refractivity contribution < 1.29 is 4.74 Å². The molecule has 17 heavy (non-hydrogen) atoms.